The SMILES string of the molecule is CN(C)c1ccc(/C=C2\CCC3=CC4(CCC3(C)C2=O)SCCS4)cc1. The van der Waals surface area contributed by atoms with Crippen molar-refractivity contribution in [2.75, 3.05) is 30.5 Å². The number of fused-ring (bicyclic) bond motifs is 1. The number of carbonyl (C=O) groups excluding carboxylic acids is 1. The highest BCUT2D eigenvalue weighted by Crippen LogP contribution is 2.57. The molecule has 138 valence electrons. The van der Waals surface area contributed by atoms with Crippen molar-refractivity contribution < 1.29 is 4.79 Å². The Morgan fingerprint density at radius 3 is 2.38 bits per heavy atom. The Labute approximate surface area is 165 Å². The van der Waals surface area contributed by atoms with Crippen molar-refractivity contribution in [2.24, 2.45) is 5.41 Å². The van der Waals surface area contributed by atoms with Gasteiger partial charge in [-0.05, 0) is 62.0 Å². The lowest BCUT2D eigenvalue weighted by Gasteiger charge is -2.44. The molecule has 2 fully saturated rings. The number of nitrogens with zero attached hydrogens (tertiary/aromatic N) is 1. The molecular weight excluding hydrogens is 358 g/mol. The van der Waals surface area contributed by atoms with Gasteiger partial charge in [-0.2, -0.15) is 0 Å². The van der Waals surface area contributed by atoms with E-state index in [-0.39, 0.29) is 9.49 Å². The van der Waals surface area contributed by atoms with Crippen LogP contribution >= 0.6 is 23.5 Å². The second kappa shape index (κ2) is 6.79. The molecule has 0 aromatic heterocycles. The predicted molar refractivity (Wildman–Crippen MR) is 116 cm³/mol. The summed E-state index contributed by atoms with van der Waals surface area (Å²) in [6, 6.07) is 8.47. The summed E-state index contributed by atoms with van der Waals surface area (Å²) in [5.41, 5.74) is 4.44. The zero-order chi connectivity index (χ0) is 18.4. The van der Waals surface area contributed by atoms with Gasteiger partial charge in [0, 0.05) is 31.3 Å². The third kappa shape index (κ3) is 3.16. The summed E-state index contributed by atoms with van der Waals surface area (Å²) in [7, 11) is 4.09. The monoisotopic (exact) mass is 385 g/mol. The van der Waals surface area contributed by atoms with Crippen LogP contribution in [0.25, 0.3) is 6.08 Å². The zero-order valence-corrected chi connectivity index (χ0v) is 17.5. The van der Waals surface area contributed by atoms with Gasteiger partial charge in [0.2, 0.25) is 0 Å². The van der Waals surface area contributed by atoms with Crippen LogP contribution in [0.15, 0.2) is 41.5 Å². The van der Waals surface area contributed by atoms with Gasteiger partial charge in [-0.15, -0.1) is 23.5 Å². The minimum Gasteiger partial charge on any atom is -0.378 e. The molecule has 1 aromatic rings. The Kier molecular flexibility index (Phi) is 4.77. The van der Waals surface area contributed by atoms with Crippen LogP contribution < -0.4 is 4.90 Å². The number of thioether (sulfide) groups is 2. The summed E-state index contributed by atoms with van der Waals surface area (Å²) in [5.74, 6) is 2.84. The molecule has 1 spiro atoms. The molecular formula is C22H27NOS2. The predicted octanol–water partition coefficient (Wildman–Crippen LogP) is 5.40. The molecule has 0 amide bonds. The third-order valence-corrected chi connectivity index (χ3v) is 9.46. The molecule has 1 saturated carbocycles. The Morgan fingerprint density at radius 1 is 1.04 bits per heavy atom. The number of anilines is 1. The minimum atomic E-state index is -0.275. The van der Waals surface area contributed by atoms with Crippen molar-refractivity contribution in [3.05, 3.63) is 47.1 Å². The molecule has 26 heavy (non-hydrogen) atoms. The molecule has 0 radical (unpaired) electrons. The van der Waals surface area contributed by atoms with E-state index in [4.69, 9.17) is 0 Å². The molecule has 1 aliphatic heterocycles. The molecule has 1 atom stereocenters. The first kappa shape index (κ1) is 18.2. The Morgan fingerprint density at radius 2 is 1.73 bits per heavy atom. The normalized spacial score (nSPS) is 29.0. The van der Waals surface area contributed by atoms with Gasteiger partial charge in [0.15, 0.2) is 5.78 Å². The van der Waals surface area contributed by atoms with Crippen molar-refractivity contribution in [1.82, 2.24) is 0 Å². The fourth-order valence-corrected chi connectivity index (χ4v) is 7.47. The number of hydrogen-bond acceptors (Lipinski definition) is 4. The summed E-state index contributed by atoms with van der Waals surface area (Å²) >= 11 is 4.17. The van der Waals surface area contributed by atoms with Gasteiger partial charge in [-0.25, -0.2) is 0 Å². The highest BCUT2D eigenvalue weighted by atomic mass is 32.2. The van der Waals surface area contributed by atoms with E-state index in [1.54, 1.807) is 0 Å². The summed E-state index contributed by atoms with van der Waals surface area (Å²) in [6.45, 7) is 2.18. The van der Waals surface area contributed by atoms with E-state index >= 15 is 0 Å². The Bertz CT molecular complexity index is 772. The summed E-state index contributed by atoms with van der Waals surface area (Å²) in [6.07, 6.45) is 8.62. The fraction of sp³-hybridized carbons (Fsp3) is 0.500. The van der Waals surface area contributed by atoms with Crippen molar-refractivity contribution in [3.63, 3.8) is 0 Å². The molecule has 1 unspecified atom stereocenters. The first-order valence-corrected chi connectivity index (χ1v) is 11.4. The number of Topliss-reactive ketones (excluding diaryl/α,β-unsaturated/α-hetero) is 1. The third-order valence-electron chi connectivity index (χ3n) is 6.06. The second-order valence-electron chi connectivity index (χ2n) is 8.00. The van der Waals surface area contributed by atoms with Crippen molar-refractivity contribution in [1.29, 1.82) is 0 Å². The van der Waals surface area contributed by atoms with Gasteiger partial charge in [-0.3, -0.25) is 4.79 Å². The van der Waals surface area contributed by atoms with Gasteiger partial charge in [0.05, 0.1) is 9.49 Å². The molecule has 4 rings (SSSR count). The maximum Gasteiger partial charge on any atom is 0.168 e. The topological polar surface area (TPSA) is 20.3 Å². The Hall–Kier alpha value is -1.13. The van der Waals surface area contributed by atoms with Crippen molar-refractivity contribution in [3.8, 4) is 0 Å². The van der Waals surface area contributed by atoms with Crippen LogP contribution in [0.1, 0.15) is 38.2 Å². The second-order valence-corrected chi connectivity index (χ2v) is 11.1. The highest BCUT2D eigenvalue weighted by molar-refractivity contribution is 8.21. The number of ketones is 1. The molecule has 3 aliphatic rings. The van der Waals surface area contributed by atoms with E-state index < -0.39 is 0 Å². The van der Waals surface area contributed by atoms with Gasteiger partial charge < -0.3 is 4.90 Å². The average molecular weight is 386 g/mol. The van der Waals surface area contributed by atoms with E-state index in [2.05, 4.69) is 71.8 Å². The lowest BCUT2D eigenvalue weighted by molar-refractivity contribution is -0.123. The highest BCUT2D eigenvalue weighted by Gasteiger charge is 2.49. The van der Waals surface area contributed by atoms with Crippen LogP contribution in [0, 0.1) is 5.41 Å². The van der Waals surface area contributed by atoms with Crippen LogP contribution in [0.2, 0.25) is 0 Å². The molecule has 0 N–H and O–H groups in total. The molecule has 1 aromatic carbocycles. The van der Waals surface area contributed by atoms with E-state index in [0.717, 1.165) is 36.8 Å². The zero-order valence-electron chi connectivity index (χ0n) is 15.9. The largest absolute Gasteiger partial charge is 0.378 e. The number of benzene rings is 1. The molecule has 1 heterocycles. The van der Waals surface area contributed by atoms with Crippen molar-refractivity contribution >= 4 is 41.1 Å². The maximum atomic E-state index is 13.3. The number of rotatable bonds is 2. The first-order valence-electron chi connectivity index (χ1n) is 9.45. The standard InChI is InChI=1S/C22H27NOS2/c1-21-10-11-22(25-12-13-26-22)15-18(21)7-6-17(20(21)24)14-16-4-8-19(9-5-16)23(2)3/h4-5,8-9,14-15H,6-7,10-13H2,1-3H3/b17-14+. The molecule has 0 bridgehead atoms. The lowest BCUT2D eigenvalue weighted by atomic mass is 9.63. The number of allylic oxidation sites excluding steroid dienone is 2. The molecule has 2 nitrogen and oxygen atoms in total. The van der Waals surface area contributed by atoms with Crippen molar-refractivity contribution in [2.45, 2.75) is 36.7 Å². The first-order chi connectivity index (χ1) is 12.4. The fourth-order valence-electron chi connectivity index (χ4n) is 4.33. The summed E-state index contributed by atoms with van der Waals surface area (Å²) in [4.78, 5) is 15.4. The van der Waals surface area contributed by atoms with E-state index in [0.29, 0.717) is 5.78 Å². The van der Waals surface area contributed by atoms with Crippen LogP contribution in [0.5, 0.6) is 0 Å². The minimum absolute atomic E-state index is 0.262. The Balaban J connectivity index is 1.59. The number of carbonyl (C=O) groups is 1. The summed E-state index contributed by atoms with van der Waals surface area (Å²) in [5, 5.41) is 0. The van der Waals surface area contributed by atoms with Gasteiger partial charge >= 0.3 is 0 Å². The lowest BCUT2D eigenvalue weighted by Crippen LogP contribution is -2.40. The quantitative estimate of drug-likeness (QED) is 0.501. The molecule has 2 aliphatic carbocycles. The maximum absolute atomic E-state index is 13.3. The molecule has 4 heteroatoms. The van der Waals surface area contributed by atoms with Crippen LogP contribution in [0.4, 0.5) is 5.69 Å². The molecule has 1 saturated heterocycles. The smallest absolute Gasteiger partial charge is 0.168 e. The van der Waals surface area contributed by atoms with Crippen LogP contribution in [-0.4, -0.2) is 35.5 Å². The van der Waals surface area contributed by atoms with Crippen LogP contribution in [0.3, 0.4) is 0 Å². The average Bonchev–Trinajstić information content (AvgIpc) is 3.08. The van der Waals surface area contributed by atoms with E-state index in [9.17, 15) is 4.79 Å². The van der Waals surface area contributed by atoms with Gasteiger partial charge in [-0.1, -0.05) is 23.8 Å². The summed E-state index contributed by atoms with van der Waals surface area (Å²) < 4.78 is 0.262. The van der Waals surface area contributed by atoms with E-state index in [1.165, 1.54) is 22.8 Å². The van der Waals surface area contributed by atoms with Gasteiger partial charge in [0.25, 0.3) is 0 Å². The number of hydrogen-bond donors (Lipinski definition) is 0. The van der Waals surface area contributed by atoms with Gasteiger partial charge in [0.1, 0.15) is 0 Å². The van der Waals surface area contributed by atoms with Crippen LogP contribution in [-0.2, 0) is 4.79 Å². The van der Waals surface area contributed by atoms with E-state index in [1.807, 2.05) is 14.1 Å².